The van der Waals surface area contributed by atoms with Gasteiger partial charge in [-0.25, -0.2) is 4.98 Å². The van der Waals surface area contributed by atoms with Crippen molar-refractivity contribution >= 4 is 28.2 Å². The molecule has 0 saturated carbocycles. The number of nitrogens with zero attached hydrogens (tertiary/aromatic N) is 3. The Balaban J connectivity index is 1.75. The van der Waals surface area contributed by atoms with Crippen molar-refractivity contribution in [3.05, 3.63) is 46.9 Å². The molecule has 0 unspecified atom stereocenters. The summed E-state index contributed by atoms with van der Waals surface area (Å²) in [6, 6.07) is 11.1. The Hall–Kier alpha value is -3.22. The molecule has 0 fully saturated rings. The van der Waals surface area contributed by atoms with Gasteiger partial charge in [-0.15, -0.1) is 4.91 Å². The smallest absolute Gasteiger partial charge is 0.138 e. The van der Waals surface area contributed by atoms with Gasteiger partial charge in [0.1, 0.15) is 17.3 Å². The van der Waals surface area contributed by atoms with Crippen molar-refractivity contribution in [2.75, 3.05) is 18.8 Å². The number of nitrogens with two attached hydrogens (primary N) is 1. The molecule has 2 aromatic carbocycles. The summed E-state index contributed by atoms with van der Waals surface area (Å²) in [5.74, 6) is 1.59. The van der Waals surface area contributed by atoms with Crippen molar-refractivity contribution in [2.45, 2.75) is 6.42 Å². The molecule has 7 nitrogen and oxygen atoms in total. The summed E-state index contributed by atoms with van der Waals surface area (Å²) in [6.07, 6.45) is 1.06. The third kappa shape index (κ3) is 2.50. The number of amidine groups is 1. The van der Waals surface area contributed by atoms with Gasteiger partial charge >= 0.3 is 0 Å². The number of benzene rings is 2. The monoisotopic (exact) mass is 320 g/mol. The standard InChI is InChI=1S/C17H16N6O/c18-12-4-2-11(8-14(12)23-24)17-21-13-5-3-10(9-15(13)22-17)16-19-6-1-7-20-16/h2-5,8-9H,1,6-7,18H2,(H,19,20)(H,21,22). The van der Waals surface area contributed by atoms with Crippen molar-refractivity contribution in [1.29, 1.82) is 0 Å². The number of H-pyrrole nitrogens is 1. The minimum Gasteiger partial charge on any atom is -0.397 e. The summed E-state index contributed by atoms with van der Waals surface area (Å²) in [5.41, 5.74) is 9.85. The van der Waals surface area contributed by atoms with Crippen LogP contribution in [0.2, 0.25) is 0 Å². The topological polar surface area (TPSA) is 109 Å². The van der Waals surface area contributed by atoms with Gasteiger partial charge in [0.15, 0.2) is 0 Å². The average Bonchev–Trinajstić information content (AvgIpc) is 3.06. The molecule has 4 N–H and O–H groups in total. The van der Waals surface area contributed by atoms with Crippen LogP contribution < -0.4 is 11.1 Å². The maximum absolute atomic E-state index is 10.8. The van der Waals surface area contributed by atoms with Crippen molar-refractivity contribution in [3.8, 4) is 11.4 Å². The Labute approximate surface area is 138 Å². The van der Waals surface area contributed by atoms with Gasteiger partial charge in [-0.1, -0.05) is 0 Å². The maximum Gasteiger partial charge on any atom is 0.138 e. The van der Waals surface area contributed by atoms with Crippen LogP contribution in [0.5, 0.6) is 0 Å². The highest BCUT2D eigenvalue weighted by atomic mass is 16.3. The van der Waals surface area contributed by atoms with E-state index in [2.05, 4.69) is 25.5 Å². The van der Waals surface area contributed by atoms with E-state index in [-0.39, 0.29) is 5.69 Å². The van der Waals surface area contributed by atoms with Crippen LogP contribution in [0.15, 0.2) is 46.6 Å². The number of nitrogen functional groups attached to an aromatic ring is 1. The molecule has 1 aliphatic heterocycles. The van der Waals surface area contributed by atoms with Crippen LogP contribution in [-0.2, 0) is 0 Å². The summed E-state index contributed by atoms with van der Waals surface area (Å²) in [5, 5.41) is 6.26. The fraction of sp³-hybridized carbons (Fsp3) is 0.176. The average molecular weight is 320 g/mol. The molecule has 2 heterocycles. The maximum atomic E-state index is 10.8. The molecule has 4 rings (SSSR count). The normalized spacial score (nSPS) is 14.2. The van der Waals surface area contributed by atoms with Crippen LogP contribution in [0.1, 0.15) is 12.0 Å². The second kappa shape index (κ2) is 5.77. The van der Waals surface area contributed by atoms with Gasteiger partial charge in [0.25, 0.3) is 0 Å². The van der Waals surface area contributed by atoms with Crippen LogP contribution in [0.3, 0.4) is 0 Å². The molecule has 0 aliphatic carbocycles. The Kier molecular flexibility index (Phi) is 3.45. The predicted octanol–water partition coefficient (Wildman–Crippen LogP) is 2.95. The van der Waals surface area contributed by atoms with E-state index in [4.69, 9.17) is 5.73 Å². The Morgan fingerprint density at radius 2 is 2.00 bits per heavy atom. The number of anilines is 1. The largest absolute Gasteiger partial charge is 0.397 e. The highest BCUT2D eigenvalue weighted by Gasteiger charge is 2.11. The highest BCUT2D eigenvalue weighted by molar-refractivity contribution is 6.01. The molecule has 0 bridgehead atoms. The van der Waals surface area contributed by atoms with Crippen LogP contribution in [0.25, 0.3) is 22.4 Å². The van der Waals surface area contributed by atoms with Gasteiger partial charge in [-0.05, 0) is 48.0 Å². The number of imidazole rings is 1. The number of hydrogen-bond donors (Lipinski definition) is 3. The van der Waals surface area contributed by atoms with Crippen molar-refractivity contribution in [3.63, 3.8) is 0 Å². The van der Waals surface area contributed by atoms with Crippen LogP contribution in [-0.4, -0.2) is 28.9 Å². The molecule has 1 aliphatic rings. The molecule has 0 radical (unpaired) electrons. The lowest BCUT2D eigenvalue weighted by molar-refractivity contribution is 0.742. The van der Waals surface area contributed by atoms with Gasteiger partial charge in [0.2, 0.25) is 0 Å². The van der Waals surface area contributed by atoms with Crippen LogP contribution in [0.4, 0.5) is 11.4 Å². The quantitative estimate of drug-likeness (QED) is 0.509. The first kappa shape index (κ1) is 14.4. The van der Waals surface area contributed by atoms with Crippen molar-refractivity contribution in [1.82, 2.24) is 15.3 Å². The molecule has 3 aromatic rings. The molecule has 0 saturated heterocycles. The zero-order chi connectivity index (χ0) is 16.5. The SMILES string of the molecule is Nc1ccc(-c2nc3ccc(C4=NCCCN4)cc3[nH]2)cc1N=O. The molecule has 24 heavy (non-hydrogen) atoms. The lowest BCUT2D eigenvalue weighted by Gasteiger charge is -2.14. The van der Waals surface area contributed by atoms with E-state index in [0.29, 0.717) is 11.5 Å². The Morgan fingerprint density at radius 3 is 2.79 bits per heavy atom. The molecular weight excluding hydrogens is 304 g/mol. The summed E-state index contributed by atoms with van der Waals surface area (Å²) in [7, 11) is 0. The van der Waals surface area contributed by atoms with Gasteiger partial charge in [-0.3, -0.25) is 4.99 Å². The van der Waals surface area contributed by atoms with E-state index in [0.717, 1.165) is 47.5 Å². The van der Waals surface area contributed by atoms with Gasteiger partial charge in [0.05, 0.1) is 16.7 Å². The first-order valence-corrected chi connectivity index (χ1v) is 7.76. The number of nitroso groups, excluding NO2 is 1. The summed E-state index contributed by atoms with van der Waals surface area (Å²) >= 11 is 0. The molecule has 7 heteroatoms. The number of hydrogen-bond acceptors (Lipinski definition) is 6. The zero-order valence-corrected chi connectivity index (χ0v) is 12.9. The molecule has 120 valence electrons. The van der Waals surface area contributed by atoms with E-state index < -0.39 is 0 Å². The van der Waals surface area contributed by atoms with E-state index in [9.17, 15) is 4.91 Å². The molecule has 1 aromatic heterocycles. The number of fused-ring (bicyclic) bond motifs is 1. The van der Waals surface area contributed by atoms with E-state index in [1.165, 1.54) is 0 Å². The van der Waals surface area contributed by atoms with E-state index in [1.807, 2.05) is 24.3 Å². The van der Waals surface area contributed by atoms with Crippen LogP contribution >= 0.6 is 0 Å². The summed E-state index contributed by atoms with van der Waals surface area (Å²) in [4.78, 5) is 23.2. The first-order valence-electron chi connectivity index (χ1n) is 7.76. The highest BCUT2D eigenvalue weighted by Crippen LogP contribution is 2.29. The predicted molar refractivity (Wildman–Crippen MR) is 95.4 cm³/mol. The van der Waals surface area contributed by atoms with Gasteiger partial charge in [-0.2, -0.15) is 0 Å². The number of rotatable bonds is 3. The third-order valence-electron chi connectivity index (χ3n) is 4.05. The molecule has 0 amide bonds. The second-order valence-corrected chi connectivity index (χ2v) is 5.69. The van der Waals surface area contributed by atoms with E-state index in [1.54, 1.807) is 12.1 Å². The summed E-state index contributed by atoms with van der Waals surface area (Å²) < 4.78 is 0. The van der Waals surface area contributed by atoms with Gasteiger partial charge in [0, 0.05) is 24.2 Å². The Morgan fingerprint density at radius 1 is 1.12 bits per heavy atom. The zero-order valence-electron chi connectivity index (χ0n) is 12.9. The number of aromatic amines is 1. The van der Waals surface area contributed by atoms with E-state index >= 15 is 0 Å². The minimum atomic E-state index is 0.217. The van der Waals surface area contributed by atoms with Crippen LogP contribution in [0, 0.1) is 4.91 Å². The number of nitrogens with one attached hydrogen (secondary N) is 2. The van der Waals surface area contributed by atoms with Crippen molar-refractivity contribution < 1.29 is 0 Å². The Bertz CT molecular complexity index is 959. The first-order chi connectivity index (χ1) is 11.7. The minimum absolute atomic E-state index is 0.217. The lowest BCUT2D eigenvalue weighted by atomic mass is 10.1. The number of aliphatic imine (C=N–C) groups is 1. The lowest BCUT2D eigenvalue weighted by Crippen LogP contribution is -2.30. The fourth-order valence-electron chi connectivity index (χ4n) is 2.79. The molecule has 0 atom stereocenters. The fourth-order valence-corrected chi connectivity index (χ4v) is 2.79. The van der Waals surface area contributed by atoms with Gasteiger partial charge < -0.3 is 16.0 Å². The molecule has 0 spiro atoms. The second-order valence-electron chi connectivity index (χ2n) is 5.69. The summed E-state index contributed by atoms with van der Waals surface area (Å²) in [6.45, 7) is 1.79. The van der Waals surface area contributed by atoms with Crippen molar-refractivity contribution in [2.24, 2.45) is 10.2 Å². The number of aromatic nitrogens is 2. The third-order valence-corrected chi connectivity index (χ3v) is 4.05. The molecular formula is C17H16N6O.